The predicted octanol–water partition coefficient (Wildman–Crippen LogP) is 4.38. The van der Waals surface area contributed by atoms with Gasteiger partial charge in [0.1, 0.15) is 17.3 Å². The number of hydrogen-bond acceptors (Lipinski definition) is 5. The maximum Gasteiger partial charge on any atom is 0.254 e. The molecule has 0 bridgehead atoms. The van der Waals surface area contributed by atoms with Crippen molar-refractivity contribution in [2.24, 2.45) is 5.73 Å². The Morgan fingerprint density at radius 3 is 2.61 bits per heavy atom. The molecule has 1 amide bonds. The van der Waals surface area contributed by atoms with Crippen LogP contribution in [0.5, 0.6) is 11.5 Å². The van der Waals surface area contributed by atoms with Crippen LogP contribution in [0, 0.1) is 12.7 Å². The van der Waals surface area contributed by atoms with Gasteiger partial charge in [0.25, 0.3) is 5.91 Å². The van der Waals surface area contributed by atoms with Crippen LogP contribution in [-0.2, 0) is 6.42 Å². The van der Waals surface area contributed by atoms with E-state index in [1.54, 1.807) is 5.51 Å². The van der Waals surface area contributed by atoms with Gasteiger partial charge in [0.05, 0.1) is 22.8 Å². The zero-order chi connectivity index (χ0) is 20.1. The third-order valence-electron chi connectivity index (χ3n) is 4.31. The van der Waals surface area contributed by atoms with Crippen molar-refractivity contribution in [3.05, 3.63) is 75.5 Å². The maximum absolute atomic E-state index is 14.2. The molecule has 2 aromatic carbocycles. The van der Waals surface area contributed by atoms with Gasteiger partial charge in [-0.3, -0.25) is 4.79 Å². The van der Waals surface area contributed by atoms with Crippen molar-refractivity contribution in [2.75, 3.05) is 6.54 Å². The van der Waals surface area contributed by atoms with Gasteiger partial charge in [-0.05, 0) is 62.7 Å². The van der Waals surface area contributed by atoms with Crippen LogP contribution in [0.2, 0.25) is 0 Å². The molecule has 0 spiro atoms. The number of nitrogens with zero attached hydrogens (tertiary/aromatic N) is 1. The standard InChI is InChI=1S/C21H22FN3O2S/c1-13(20-14(2)28-12-24-20)25-21(26)18-11-17(7-8-19(18)22)27-16-5-3-15(4-6-16)9-10-23/h3-8,11-13H,9-10,23H2,1-2H3,(H,25,26). The second kappa shape index (κ2) is 8.95. The number of aromatic nitrogens is 1. The fourth-order valence-corrected chi connectivity index (χ4v) is 3.52. The van der Waals surface area contributed by atoms with Gasteiger partial charge < -0.3 is 15.8 Å². The second-order valence-corrected chi connectivity index (χ2v) is 7.47. The summed E-state index contributed by atoms with van der Waals surface area (Å²) in [6.07, 6.45) is 0.789. The molecule has 0 radical (unpaired) electrons. The lowest BCUT2D eigenvalue weighted by molar-refractivity contribution is 0.0934. The number of ether oxygens (including phenoxy) is 1. The number of nitrogens with one attached hydrogen (secondary N) is 1. The molecular formula is C21H22FN3O2S. The van der Waals surface area contributed by atoms with Crippen molar-refractivity contribution in [1.29, 1.82) is 0 Å². The molecule has 1 unspecified atom stereocenters. The van der Waals surface area contributed by atoms with E-state index in [0.717, 1.165) is 22.6 Å². The van der Waals surface area contributed by atoms with Crippen molar-refractivity contribution in [2.45, 2.75) is 26.3 Å². The molecule has 146 valence electrons. The minimum absolute atomic E-state index is 0.0722. The minimum Gasteiger partial charge on any atom is -0.457 e. The van der Waals surface area contributed by atoms with Gasteiger partial charge in [-0.1, -0.05) is 12.1 Å². The van der Waals surface area contributed by atoms with Crippen LogP contribution >= 0.6 is 11.3 Å². The van der Waals surface area contributed by atoms with Crippen LogP contribution < -0.4 is 15.8 Å². The lowest BCUT2D eigenvalue weighted by Gasteiger charge is -2.14. The van der Waals surface area contributed by atoms with E-state index >= 15 is 0 Å². The molecule has 3 rings (SSSR count). The van der Waals surface area contributed by atoms with Gasteiger partial charge in [-0.2, -0.15) is 0 Å². The molecular weight excluding hydrogens is 377 g/mol. The zero-order valence-electron chi connectivity index (χ0n) is 15.7. The lowest BCUT2D eigenvalue weighted by Crippen LogP contribution is -2.28. The SMILES string of the molecule is Cc1scnc1C(C)NC(=O)c1cc(Oc2ccc(CCN)cc2)ccc1F. The van der Waals surface area contributed by atoms with Gasteiger partial charge in [-0.25, -0.2) is 9.37 Å². The Balaban J connectivity index is 1.73. The Morgan fingerprint density at radius 2 is 1.96 bits per heavy atom. The van der Waals surface area contributed by atoms with Crippen LogP contribution in [0.25, 0.3) is 0 Å². The van der Waals surface area contributed by atoms with Gasteiger partial charge in [-0.15, -0.1) is 11.3 Å². The van der Waals surface area contributed by atoms with E-state index in [1.807, 2.05) is 38.1 Å². The number of carbonyl (C=O) groups excluding carboxylic acids is 1. The van der Waals surface area contributed by atoms with E-state index < -0.39 is 11.7 Å². The molecule has 3 aromatic rings. The Kier molecular flexibility index (Phi) is 6.38. The molecule has 3 N–H and O–H groups in total. The number of rotatable bonds is 7. The largest absolute Gasteiger partial charge is 0.457 e. The van der Waals surface area contributed by atoms with Crippen molar-refractivity contribution >= 4 is 17.2 Å². The number of thiazole rings is 1. The molecule has 5 nitrogen and oxygen atoms in total. The molecule has 0 fully saturated rings. The summed E-state index contributed by atoms with van der Waals surface area (Å²) < 4.78 is 20.0. The topological polar surface area (TPSA) is 77.2 Å². The molecule has 0 aliphatic carbocycles. The number of halogens is 1. The predicted molar refractivity (Wildman–Crippen MR) is 108 cm³/mol. The first-order valence-electron chi connectivity index (χ1n) is 8.95. The van der Waals surface area contributed by atoms with E-state index in [4.69, 9.17) is 10.5 Å². The molecule has 7 heteroatoms. The highest BCUT2D eigenvalue weighted by Crippen LogP contribution is 2.25. The number of benzene rings is 2. The summed E-state index contributed by atoms with van der Waals surface area (Å²) in [5.41, 5.74) is 9.09. The number of nitrogens with two attached hydrogens (primary N) is 1. The van der Waals surface area contributed by atoms with E-state index in [0.29, 0.717) is 18.0 Å². The zero-order valence-corrected chi connectivity index (χ0v) is 16.6. The van der Waals surface area contributed by atoms with Gasteiger partial charge >= 0.3 is 0 Å². The quantitative estimate of drug-likeness (QED) is 0.618. The van der Waals surface area contributed by atoms with Gasteiger partial charge in [0, 0.05) is 4.88 Å². The number of carbonyl (C=O) groups is 1. The van der Waals surface area contributed by atoms with Crippen LogP contribution in [0.15, 0.2) is 48.0 Å². The molecule has 1 heterocycles. The van der Waals surface area contributed by atoms with E-state index in [1.165, 1.54) is 29.5 Å². The molecule has 1 aromatic heterocycles. The summed E-state index contributed by atoms with van der Waals surface area (Å²) in [7, 11) is 0. The summed E-state index contributed by atoms with van der Waals surface area (Å²) in [5.74, 6) is -0.132. The Labute approximate surface area is 167 Å². The lowest BCUT2D eigenvalue weighted by atomic mass is 10.1. The molecule has 28 heavy (non-hydrogen) atoms. The summed E-state index contributed by atoms with van der Waals surface area (Å²) in [6.45, 7) is 4.33. The van der Waals surface area contributed by atoms with E-state index in [2.05, 4.69) is 10.3 Å². The average molecular weight is 399 g/mol. The Morgan fingerprint density at radius 1 is 1.25 bits per heavy atom. The van der Waals surface area contributed by atoms with Gasteiger partial charge in [0.2, 0.25) is 0 Å². The molecule has 0 saturated heterocycles. The number of aryl methyl sites for hydroxylation is 1. The normalized spacial score (nSPS) is 11.9. The van der Waals surface area contributed by atoms with Crippen LogP contribution in [0.1, 0.15) is 39.5 Å². The molecule has 1 atom stereocenters. The maximum atomic E-state index is 14.2. The second-order valence-electron chi connectivity index (χ2n) is 6.42. The van der Waals surface area contributed by atoms with Crippen molar-refractivity contribution in [3.63, 3.8) is 0 Å². The third-order valence-corrected chi connectivity index (χ3v) is 5.09. The highest BCUT2D eigenvalue weighted by molar-refractivity contribution is 7.09. The summed E-state index contributed by atoms with van der Waals surface area (Å²) >= 11 is 1.50. The van der Waals surface area contributed by atoms with Crippen LogP contribution in [0.4, 0.5) is 4.39 Å². The molecule has 0 aliphatic rings. The van der Waals surface area contributed by atoms with Crippen LogP contribution in [-0.4, -0.2) is 17.4 Å². The fraction of sp³-hybridized carbons (Fsp3) is 0.238. The smallest absolute Gasteiger partial charge is 0.254 e. The monoisotopic (exact) mass is 399 g/mol. The van der Waals surface area contributed by atoms with E-state index in [9.17, 15) is 9.18 Å². The first kappa shape index (κ1) is 20.0. The third kappa shape index (κ3) is 4.74. The highest BCUT2D eigenvalue weighted by atomic mass is 32.1. The Bertz CT molecular complexity index is 957. The van der Waals surface area contributed by atoms with E-state index in [-0.39, 0.29) is 11.6 Å². The summed E-state index contributed by atoms with van der Waals surface area (Å²) in [6, 6.07) is 11.3. The van der Waals surface area contributed by atoms with Crippen molar-refractivity contribution in [3.8, 4) is 11.5 Å². The Hall–Kier alpha value is -2.77. The van der Waals surface area contributed by atoms with Gasteiger partial charge in [0.15, 0.2) is 0 Å². The van der Waals surface area contributed by atoms with Crippen molar-refractivity contribution in [1.82, 2.24) is 10.3 Å². The van der Waals surface area contributed by atoms with Crippen molar-refractivity contribution < 1.29 is 13.9 Å². The summed E-state index contributed by atoms with van der Waals surface area (Å²) in [5, 5.41) is 2.79. The summed E-state index contributed by atoms with van der Waals surface area (Å²) in [4.78, 5) is 17.8. The molecule has 0 aliphatic heterocycles. The number of hydrogen-bond donors (Lipinski definition) is 2. The first-order valence-corrected chi connectivity index (χ1v) is 9.83. The first-order chi connectivity index (χ1) is 13.5. The minimum atomic E-state index is -0.606. The van der Waals surface area contributed by atoms with Crippen LogP contribution in [0.3, 0.4) is 0 Å². The fourth-order valence-electron chi connectivity index (χ4n) is 2.84. The highest BCUT2D eigenvalue weighted by Gasteiger charge is 2.18. The molecule has 0 saturated carbocycles. The number of amides is 1. The average Bonchev–Trinajstić information content (AvgIpc) is 3.11.